The number of hydrogen-bond donors (Lipinski definition) is 0. The van der Waals surface area contributed by atoms with Crippen LogP contribution in [0.15, 0.2) is 54.6 Å². The van der Waals surface area contributed by atoms with Gasteiger partial charge in [-0.3, -0.25) is 0 Å². The molecule has 2 heteroatoms. The van der Waals surface area contributed by atoms with Gasteiger partial charge in [-0.15, -0.1) is 0 Å². The fourth-order valence-electron chi connectivity index (χ4n) is 2.86. The van der Waals surface area contributed by atoms with Crippen molar-refractivity contribution < 1.29 is 0 Å². The van der Waals surface area contributed by atoms with E-state index in [-0.39, 0.29) is 0 Å². The Morgan fingerprint density at radius 2 is 1.44 bits per heavy atom. The molecule has 0 radical (unpaired) electrons. The fourth-order valence-corrected chi connectivity index (χ4v) is 9.15. The van der Waals surface area contributed by atoms with Crippen LogP contribution < -0.4 is 5.19 Å². The largest absolute Gasteiger partial charge is 0.115 e. The van der Waals surface area contributed by atoms with Gasteiger partial charge in [0.2, 0.25) is 0 Å². The van der Waals surface area contributed by atoms with Crippen LogP contribution in [0.25, 0.3) is 8.78 Å². The van der Waals surface area contributed by atoms with E-state index < -0.39 is 8.07 Å². The first-order valence-corrected chi connectivity index (χ1v) is 10.3. The zero-order valence-corrected chi connectivity index (χ0v) is 13.7. The van der Waals surface area contributed by atoms with Crippen molar-refractivity contribution in [1.82, 2.24) is 0 Å². The monoisotopic (exact) mass is 362 g/mol. The molecule has 1 aliphatic heterocycles. The quantitative estimate of drug-likeness (QED) is 0.519. The summed E-state index contributed by atoms with van der Waals surface area (Å²) in [6.07, 6.45) is 0. The van der Waals surface area contributed by atoms with Gasteiger partial charge < -0.3 is 0 Å². The molecule has 0 saturated carbocycles. The van der Waals surface area contributed by atoms with Crippen LogP contribution in [-0.2, 0) is 0 Å². The van der Waals surface area contributed by atoms with E-state index in [9.17, 15) is 0 Å². The number of rotatable bonds is 1. The molecule has 3 rings (SSSR count). The van der Waals surface area contributed by atoms with Gasteiger partial charge in [0, 0.05) is 3.58 Å². The maximum absolute atomic E-state index is 2.53. The Balaban J connectivity index is 2.26. The molecule has 0 atom stereocenters. The van der Waals surface area contributed by atoms with Crippen molar-refractivity contribution in [1.29, 1.82) is 0 Å². The minimum absolute atomic E-state index is 1.40. The minimum atomic E-state index is -1.52. The second-order valence-corrected chi connectivity index (χ2v) is 10.6. The number of halogens is 1. The lowest BCUT2D eigenvalue weighted by Crippen LogP contribution is -2.40. The fraction of sp³-hybridized carbons (Fsp3) is 0.125. The Morgan fingerprint density at radius 1 is 0.833 bits per heavy atom. The molecule has 0 saturated heterocycles. The second-order valence-electron chi connectivity index (χ2n) is 5.23. The van der Waals surface area contributed by atoms with Crippen molar-refractivity contribution in [2.45, 2.75) is 13.1 Å². The molecule has 0 aliphatic carbocycles. The topological polar surface area (TPSA) is 0 Å². The molecule has 0 N–H and O–H groups in total. The van der Waals surface area contributed by atoms with Crippen molar-refractivity contribution in [3.05, 3.63) is 65.7 Å². The average molecular weight is 362 g/mol. The van der Waals surface area contributed by atoms with E-state index in [4.69, 9.17) is 0 Å². The summed E-state index contributed by atoms with van der Waals surface area (Å²) >= 11 is 2.53. The summed E-state index contributed by atoms with van der Waals surface area (Å²) in [6.45, 7) is 4.92. The minimum Gasteiger partial charge on any atom is -0.0623 e. The second kappa shape index (κ2) is 4.35. The predicted molar refractivity (Wildman–Crippen MR) is 90.8 cm³/mol. The molecule has 1 heterocycles. The highest BCUT2D eigenvalue weighted by Crippen LogP contribution is 2.42. The van der Waals surface area contributed by atoms with Gasteiger partial charge in [-0.05, 0) is 44.1 Å². The Bertz CT molecular complexity index is 627. The van der Waals surface area contributed by atoms with Gasteiger partial charge in [0.05, 0.1) is 0 Å². The van der Waals surface area contributed by atoms with Gasteiger partial charge >= 0.3 is 0 Å². The van der Waals surface area contributed by atoms with Crippen LogP contribution in [0, 0.1) is 0 Å². The Morgan fingerprint density at radius 3 is 2.11 bits per heavy atom. The Hall–Kier alpha value is -0.873. The van der Waals surface area contributed by atoms with E-state index in [1.54, 1.807) is 10.4 Å². The molecule has 0 fully saturated rings. The average Bonchev–Trinajstić information content (AvgIpc) is 2.59. The molecule has 0 amide bonds. The molecule has 0 unspecified atom stereocenters. The lowest BCUT2D eigenvalue weighted by molar-refractivity contribution is 1.64. The predicted octanol–water partition coefficient (Wildman–Crippen LogP) is 4.46. The van der Waals surface area contributed by atoms with E-state index in [0.717, 1.165) is 0 Å². The van der Waals surface area contributed by atoms with E-state index in [0.29, 0.717) is 0 Å². The number of fused-ring (bicyclic) bond motifs is 1. The molecule has 2 aromatic carbocycles. The van der Waals surface area contributed by atoms with E-state index in [1.165, 1.54) is 14.7 Å². The van der Waals surface area contributed by atoms with Crippen molar-refractivity contribution in [2.75, 3.05) is 0 Å². The highest BCUT2D eigenvalue weighted by molar-refractivity contribution is 14.1. The van der Waals surface area contributed by atoms with Crippen LogP contribution in [-0.4, -0.2) is 8.07 Å². The molecule has 2 aromatic rings. The van der Waals surface area contributed by atoms with Gasteiger partial charge in [0.15, 0.2) is 0 Å². The van der Waals surface area contributed by atoms with Crippen LogP contribution in [0.1, 0.15) is 11.1 Å². The number of benzene rings is 2. The summed E-state index contributed by atoms with van der Waals surface area (Å²) in [5.41, 5.74) is 2.85. The zero-order valence-electron chi connectivity index (χ0n) is 10.6. The summed E-state index contributed by atoms with van der Waals surface area (Å²) < 4.78 is 1.45. The Labute approximate surface area is 123 Å². The standard InChI is InChI=1S/C16H15ISi/c1-18(2)14-11-7-6-10-13(14)15(17)16(18)12-8-4-3-5-9-12/h3-11H,1-2H3. The first kappa shape index (κ1) is 12.2. The lowest BCUT2D eigenvalue weighted by Gasteiger charge is -2.22. The third kappa shape index (κ3) is 1.70. The van der Waals surface area contributed by atoms with Crippen LogP contribution >= 0.6 is 22.6 Å². The lowest BCUT2D eigenvalue weighted by atomic mass is 10.1. The van der Waals surface area contributed by atoms with Crippen molar-refractivity contribution in [3.63, 3.8) is 0 Å². The van der Waals surface area contributed by atoms with Crippen molar-refractivity contribution in [3.8, 4) is 0 Å². The SMILES string of the molecule is C[Si]1(C)C(c2ccccc2)=C(I)c2ccccc21. The van der Waals surface area contributed by atoms with Gasteiger partial charge in [-0.2, -0.15) is 0 Å². The van der Waals surface area contributed by atoms with Gasteiger partial charge in [0.1, 0.15) is 8.07 Å². The zero-order chi connectivity index (χ0) is 12.8. The molecule has 18 heavy (non-hydrogen) atoms. The third-order valence-electron chi connectivity index (χ3n) is 3.74. The molecule has 90 valence electrons. The van der Waals surface area contributed by atoms with Crippen molar-refractivity contribution >= 4 is 44.6 Å². The van der Waals surface area contributed by atoms with E-state index in [1.807, 2.05) is 0 Å². The maximum atomic E-state index is 2.53. The van der Waals surface area contributed by atoms with Crippen LogP contribution in [0.3, 0.4) is 0 Å². The summed E-state index contributed by atoms with van der Waals surface area (Å²) in [7, 11) is -1.52. The normalized spacial score (nSPS) is 16.8. The van der Waals surface area contributed by atoms with E-state index in [2.05, 4.69) is 90.3 Å². The summed E-state index contributed by atoms with van der Waals surface area (Å²) in [5.74, 6) is 0. The first-order chi connectivity index (χ1) is 8.62. The van der Waals surface area contributed by atoms with Gasteiger partial charge in [0.25, 0.3) is 0 Å². The molecule has 0 aromatic heterocycles. The van der Waals surface area contributed by atoms with Crippen LogP contribution in [0.5, 0.6) is 0 Å². The van der Waals surface area contributed by atoms with Gasteiger partial charge in [-0.1, -0.05) is 67.7 Å². The maximum Gasteiger partial charge on any atom is 0.115 e. The smallest absolute Gasteiger partial charge is 0.0623 e. The number of hydrogen-bond acceptors (Lipinski definition) is 0. The van der Waals surface area contributed by atoms with Crippen molar-refractivity contribution in [2.24, 2.45) is 0 Å². The molecular formula is C16H15ISi. The summed E-state index contributed by atoms with van der Waals surface area (Å²) in [5, 5.41) is 3.16. The molecule has 1 aliphatic rings. The first-order valence-electron chi connectivity index (χ1n) is 6.18. The molecule has 0 spiro atoms. The van der Waals surface area contributed by atoms with Crippen LogP contribution in [0.2, 0.25) is 13.1 Å². The van der Waals surface area contributed by atoms with Crippen LogP contribution in [0.4, 0.5) is 0 Å². The highest BCUT2D eigenvalue weighted by Gasteiger charge is 2.39. The van der Waals surface area contributed by atoms with Gasteiger partial charge in [-0.25, -0.2) is 0 Å². The molecular weight excluding hydrogens is 347 g/mol. The molecule has 0 nitrogen and oxygen atoms in total. The summed E-state index contributed by atoms with van der Waals surface area (Å²) in [6, 6.07) is 19.8. The third-order valence-corrected chi connectivity index (χ3v) is 8.94. The molecule has 0 bridgehead atoms. The highest BCUT2D eigenvalue weighted by atomic mass is 127. The Kier molecular flexibility index (Phi) is 2.94. The van der Waals surface area contributed by atoms with E-state index >= 15 is 0 Å². The summed E-state index contributed by atoms with van der Waals surface area (Å²) in [4.78, 5) is 0.